The molecule has 0 saturated heterocycles. The van der Waals surface area contributed by atoms with Crippen LogP contribution in [0, 0.1) is 5.82 Å². The summed E-state index contributed by atoms with van der Waals surface area (Å²) in [5, 5.41) is 2.67. The van der Waals surface area contributed by atoms with E-state index in [1.54, 1.807) is 24.3 Å². The summed E-state index contributed by atoms with van der Waals surface area (Å²) in [6, 6.07) is 18.2. The Morgan fingerprint density at radius 2 is 1.59 bits per heavy atom. The summed E-state index contributed by atoms with van der Waals surface area (Å²) in [6.45, 7) is -0.485. The Kier molecular flexibility index (Phi) is 7.32. The van der Waals surface area contributed by atoms with Crippen LogP contribution in [0.4, 0.5) is 10.1 Å². The minimum atomic E-state index is -4.24. The SMILES string of the molecule is COc1ccc(S(=O)(=O)N(CC(=O)NCc2ccccc2OC)c2ccccc2F)cc1. The van der Waals surface area contributed by atoms with E-state index < -0.39 is 28.3 Å². The quantitative estimate of drug-likeness (QED) is 0.532. The van der Waals surface area contributed by atoms with Crippen molar-refractivity contribution in [3.63, 3.8) is 0 Å². The van der Waals surface area contributed by atoms with Gasteiger partial charge in [-0.25, -0.2) is 12.8 Å². The molecule has 0 heterocycles. The molecule has 3 aromatic rings. The molecule has 7 nitrogen and oxygen atoms in total. The Bertz CT molecular complexity index is 1180. The fourth-order valence-electron chi connectivity index (χ4n) is 3.06. The van der Waals surface area contributed by atoms with Gasteiger partial charge in [-0.3, -0.25) is 9.10 Å². The average Bonchev–Trinajstić information content (AvgIpc) is 2.82. The zero-order chi connectivity index (χ0) is 23.1. The number of methoxy groups -OCH3 is 2. The van der Waals surface area contributed by atoms with Gasteiger partial charge in [-0.05, 0) is 42.5 Å². The second-order valence-corrected chi connectivity index (χ2v) is 8.59. The Balaban J connectivity index is 1.88. The monoisotopic (exact) mass is 458 g/mol. The molecule has 9 heteroatoms. The molecule has 0 aliphatic rings. The zero-order valence-corrected chi connectivity index (χ0v) is 18.4. The molecule has 3 rings (SSSR count). The van der Waals surface area contributed by atoms with Crippen molar-refractivity contribution >= 4 is 21.6 Å². The molecule has 3 aromatic carbocycles. The van der Waals surface area contributed by atoms with Crippen LogP contribution in [0.1, 0.15) is 5.56 Å². The number of anilines is 1. The van der Waals surface area contributed by atoms with E-state index in [1.165, 1.54) is 56.7 Å². The van der Waals surface area contributed by atoms with Crippen LogP contribution in [0.25, 0.3) is 0 Å². The molecule has 32 heavy (non-hydrogen) atoms. The fourth-order valence-corrected chi connectivity index (χ4v) is 4.49. The molecular formula is C23H23FN2O5S. The summed E-state index contributed by atoms with van der Waals surface area (Å²) in [7, 11) is -1.26. The number of hydrogen-bond donors (Lipinski definition) is 1. The van der Waals surface area contributed by atoms with E-state index in [0.717, 1.165) is 15.9 Å². The number of sulfonamides is 1. The van der Waals surface area contributed by atoms with Gasteiger partial charge in [0.15, 0.2) is 0 Å². The third-order valence-electron chi connectivity index (χ3n) is 4.72. The Morgan fingerprint density at radius 1 is 0.938 bits per heavy atom. The number of benzene rings is 3. The van der Waals surface area contributed by atoms with Crippen molar-refractivity contribution in [1.82, 2.24) is 5.32 Å². The first kappa shape index (κ1) is 23.1. The van der Waals surface area contributed by atoms with E-state index >= 15 is 0 Å². The predicted octanol–water partition coefficient (Wildman–Crippen LogP) is 3.35. The summed E-state index contributed by atoms with van der Waals surface area (Å²) in [5.74, 6) is -0.307. The van der Waals surface area contributed by atoms with E-state index in [2.05, 4.69) is 5.32 Å². The van der Waals surface area contributed by atoms with Gasteiger partial charge in [0, 0.05) is 12.1 Å². The third-order valence-corrected chi connectivity index (χ3v) is 6.50. The van der Waals surface area contributed by atoms with Gasteiger partial charge in [-0.1, -0.05) is 30.3 Å². The van der Waals surface area contributed by atoms with Gasteiger partial charge in [-0.2, -0.15) is 0 Å². The zero-order valence-electron chi connectivity index (χ0n) is 17.6. The molecule has 1 amide bonds. The van der Waals surface area contributed by atoms with Crippen molar-refractivity contribution in [2.75, 3.05) is 25.1 Å². The smallest absolute Gasteiger partial charge is 0.264 e. The number of halogens is 1. The largest absolute Gasteiger partial charge is 0.497 e. The molecular weight excluding hydrogens is 435 g/mol. The van der Waals surface area contributed by atoms with Crippen LogP contribution in [0.5, 0.6) is 11.5 Å². The molecule has 0 aliphatic carbocycles. The molecule has 0 fully saturated rings. The number of carbonyl (C=O) groups is 1. The number of amides is 1. The Labute approximate surface area is 186 Å². The first-order valence-electron chi connectivity index (χ1n) is 9.66. The topological polar surface area (TPSA) is 84.9 Å². The number of rotatable bonds is 9. The first-order chi connectivity index (χ1) is 15.4. The van der Waals surface area contributed by atoms with E-state index in [0.29, 0.717) is 11.5 Å². The Hall–Kier alpha value is -3.59. The molecule has 0 atom stereocenters. The molecule has 0 spiro atoms. The summed E-state index contributed by atoms with van der Waals surface area (Å²) in [5.41, 5.74) is 0.495. The van der Waals surface area contributed by atoms with Crippen LogP contribution in [-0.2, 0) is 21.4 Å². The highest BCUT2D eigenvalue weighted by molar-refractivity contribution is 7.92. The standard InChI is InChI=1S/C23H23FN2O5S/c1-30-18-11-13-19(14-12-18)32(28,29)26(21-9-5-4-8-20(21)24)16-23(27)25-15-17-7-3-6-10-22(17)31-2/h3-14H,15-16H2,1-2H3,(H,25,27). The van der Waals surface area contributed by atoms with E-state index in [9.17, 15) is 17.6 Å². The summed E-state index contributed by atoms with van der Waals surface area (Å²) < 4.78 is 52.2. The summed E-state index contributed by atoms with van der Waals surface area (Å²) in [6.07, 6.45) is 0. The number of carbonyl (C=O) groups excluding carboxylic acids is 1. The predicted molar refractivity (Wildman–Crippen MR) is 119 cm³/mol. The summed E-state index contributed by atoms with van der Waals surface area (Å²) in [4.78, 5) is 12.6. The second kappa shape index (κ2) is 10.1. The highest BCUT2D eigenvalue weighted by Gasteiger charge is 2.29. The van der Waals surface area contributed by atoms with E-state index in [1.807, 2.05) is 0 Å². The molecule has 0 unspecified atom stereocenters. The lowest BCUT2D eigenvalue weighted by Gasteiger charge is -2.24. The van der Waals surface area contributed by atoms with Gasteiger partial charge in [0.2, 0.25) is 5.91 Å². The van der Waals surface area contributed by atoms with Crippen molar-refractivity contribution in [1.29, 1.82) is 0 Å². The number of para-hydroxylation sites is 2. The second-order valence-electron chi connectivity index (χ2n) is 6.73. The van der Waals surface area contributed by atoms with Crippen LogP contribution in [-0.4, -0.2) is 35.1 Å². The number of hydrogen-bond acceptors (Lipinski definition) is 5. The number of ether oxygens (including phenoxy) is 2. The summed E-state index contributed by atoms with van der Waals surface area (Å²) >= 11 is 0. The fraction of sp³-hybridized carbons (Fsp3) is 0.174. The van der Waals surface area contributed by atoms with Gasteiger partial charge in [0.05, 0.1) is 24.8 Å². The van der Waals surface area contributed by atoms with Crippen LogP contribution in [0.15, 0.2) is 77.7 Å². The molecule has 0 bridgehead atoms. The van der Waals surface area contributed by atoms with E-state index in [-0.39, 0.29) is 17.1 Å². The number of nitrogens with zero attached hydrogens (tertiary/aromatic N) is 1. The Morgan fingerprint density at radius 3 is 2.25 bits per heavy atom. The van der Waals surface area contributed by atoms with Gasteiger partial charge >= 0.3 is 0 Å². The lowest BCUT2D eigenvalue weighted by atomic mass is 10.2. The van der Waals surface area contributed by atoms with Gasteiger partial charge in [0.25, 0.3) is 10.0 Å². The van der Waals surface area contributed by atoms with Crippen molar-refractivity contribution in [2.24, 2.45) is 0 Å². The molecule has 0 saturated carbocycles. The van der Waals surface area contributed by atoms with Crippen molar-refractivity contribution in [2.45, 2.75) is 11.4 Å². The van der Waals surface area contributed by atoms with Crippen LogP contribution in [0.2, 0.25) is 0 Å². The third kappa shape index (κ3) is 5.17. The van der Waals surface area contributed by atoms with Crippen molar-refractivity contribution in [3.8, 4) is 11.5 Å². The minimum Gasteiger partial charge on any atom is -0.497 e. The maximum atomic E-state index is 14.5. The van der Waals surface area contributed by atoms with Gasteiger partial charge < -0.3 is 14.8 Å². The van der Waals surface area contributed by atoms with E-state index in [4.69, 9.17) is 9.47 Å². The van der Waals surface area contributed by atoms with Crippen molar-refractivity contribution < 1.29 is 27.1 Å². The lowest BCUT2D eigenvalue weighted by Crippen LogP contribution is -2.41. The molecule has 0 aromatic heterocycles. The first-order valence-corrected chi connectivity index (χ1v) is 11.1. The molecule has 1 N–H and O–H groups in total. The molecule has 0 aliphatic heterocycles. The highest BCUT2D eigenvalue weighted by atomic mass is 32.2. The molecule has 168 valence electrons. The molecule has 0 radical (unpaired) electrons. The maximum Gasteiger partial charge on any atom is 0.264 e. The minimum absolute atomic E-state index is 0.0981. The number of nitrogens with one attached hydrogen (secondary N) is 1. The van der Waals surface area contributed by atoms with Crippen LogP contribution < -0.4 is 19.1 Å². The average molecular weight is 459 g/mol. The van der Waals surface area contributed by atoms with Gasteiger partial charge in [-0.15, -0.1) is 0 Å². The maximum absolute atomic E-state index is 14.5. The van der Waals surface area contributed by atoms with Crippen LogP contribution in [0.3, 0.4) is 0 Å². The lowest BCUT2D eigenvalue weighted by molar-refractivity contribution is -0.119. The van der Waals surface area contributed by atoms with Gasteiger partial charge in [0.1, 0.15) is 23.9 Å². The van der Waals surface area contributed by atoms with Crippen LogP contribution >= 0.6 is 0 Å². The highest BCUT2D eigenvalue weighted by Crippen LogP contribution is 2.27. The normalized spacial score (nSPS) is 11.0. The van der Waals surface area contributed by atoms with Crippen molar-refractivity contribution in [3.05, 3.63) is 84.2 Å².